The lowest BCUT2D eigenvalue weighted by Crippen LogP contribution is -2.14. The zero-order valence-corrected chi connectivity index (χ0v) is 40.4. The molecule has 13 rings (SSSR count). The number of hydrogen-bond donors (Lipinski definition) is 0. The fraction of sp³-hybridized carbons (Fsp3) is 0.0938. The van der Waals surface area contributed by atoms with Crippen LogP contribution in [0.4, 0.5) is 0 Å². The number of nitriles is 1. The third kappa shape index (κ3) is 6.60. The third-order valence-corrected chi connectivity index (χ3v) is 14.2. The van der Waals surface area contributed by atoms with Crippen molar-refractivity contribution in [1.82, 2.24) is 28.7 Å². The van der Waals surface area contributed by atoms with Crippen LogP contribution in [-0.2, 0) is 0 Å². The molecule has 13 aromatic rings. The molecule has 0 bridgehead atoms. The predicted octanol–water partition coefficient (Wildman–Crippen LogP) is 15.9. The zero-order valence-electron chi connectivity index (χ0n) is 40.4. The fourth-order valence-corrected chi connectivity index (χ4v) is 11.0. The third-order valence-electron chi connectivity index (χ3n) is 14.2. The van der Waals surface area contributed by atoms with E-state index in [0.717, 1.165) is 105 Å². The molecule has 7 nitrogen and oxygen atoms in total. The number of aromatic nitrogens is 6. The average molecular weight is 914 g/mol. The summed E-state index contributed by atoms with van der Waals surface area (Å²) in [5.41, 5.74) is 18.4. The van der Waals surface area contributed by atoms with Gasteiger partial charge in [0.25, 0.3) is 0 Å². The molecule has 4 heterocycles. The summed E-state index contributed by atoms with van der Waals surface area (Å²) in [6.07, 6.45) is 0. The van der Waals surface area contributed by atoms with Crippen LogP contribution < -0.4 is 0 Å². The first-order valence-corrected chi connectivity index (χ1v) is 24.2. The first-order valence-electron chi connectivity index (χ1n) is 24.2. The van der Waals surface area contributed by atoms with E-state index in [0.29, 0.717) is 28.6 Å². The van der Waals surface area contributed by atoms with Gasteiger partial charge in [0.15, 0.2) is 17.5 Å². The van der Waals surface area contributed by atoms with Crippen LogP contribution in [0.3, 0.4) is 0 Å². The van der Waals surface area contributed by atoms with Crippen molar-refractivity contribution in [3.63, 3.8) is 0 Å². The summed E-state index contributed by atoms with van der Waals surface area (Å²) in [6.45, 7) is 12.9. The van der Waals surface area contributed by atoms with Gasteiger partial charge in [0, 0.05) is 49.0 Å². The normalized spacial score (nSPS) is 11.8. The van der Waals surface area contributed by atoms with E-state index in [-0.39, 0.29) is 0 Å². The van der Waals surface area contributed by atoms with Crippen LogP contribution >= 0.6 is 0 Å². The molecule has 9 aromatic carbocycles. The molecule has 0 unspecified atom stereocenters. The predicted molar refractivity (Wildman–Crippen MR) is 292 cm³/mol. The molecule has 4 aromatic heterocycles. The van der Waals surface area contributed by atoms with Crippen molar-refractivity contribution < 1.29 is 0 Å². The second-order valence-corrected chi connectivity index (χ2v) is 19.3. The highest BCUT2D eigenvalue weighted by molar-refractivity contribution is 6.15. The van der Waals surface area contributed by atoms with Crippen molar-refractivity contribution in [3.05, 3.63) is 215 Å². The summed E-state index contributed by atoms with van der Waals surface area (Å²) < 4.78 is 7.16. The summed E-state index contributed by atoms with van der Waals surface area (Å²) in [4.78, 5) is 16.1. The van der Waals surface area contributed by atoms with Gasteiger partial charge >= 0.3 is 0 Å². The van der Waals surface area contributed by atoms with Crippen LogP contribution in [0, 0.1) is 52.9 Å². The highest BCUT2D eigenvalue weighted by atomic mass is 15.1. The molecule has 0 saturated heterocycles. The monoisotopic (exact) mass is 913 g/mol. The SMILES string of the molecule is Cc1ccc2c(c1)c1cc(C)ccc1n2-c1c(C#N)cc(-c2nc(-c3ccccc3)nc(-c3ccccc3)n2)c(-n2c3ccc(C)cc3c3cc(C)ccc32)c1-n1c2ccc(C)cc2c2cc(C)ccc21. The number of hydrogen-bond acceptors (Lipinski definition) is 4. The second-order valence-electron chi connectivity index (χ2n) is 19.3. The Hall–Kier alpha value is -9.12. The Morgan fingerprint density at radius 3 is 0.944 bits per heavy atom. The molecule has 0 atom stereocenters. The van der Waals surface area contributed by atoms with E-state index < -0.39 is 0 Å². The molecule has 0 amide bonds. The minimum Gasteiger partial charge on any atom is -0.306 e. The topological polar surface area (TPSA) is 77.2 Å². The van der Waals surface area contributed by atoms with Crippen LogP contribution in [0.1, 0.15) is 38.9 Å². The van der Waals surface area contributed by atoms with E-state index in [1.54, 1.807) is 0 Å². The first-order chi connectivity index (χ1) is 34.6. The summed E-state index contributed by atoms with van der Waals surface area (Å²) in [5.74, 6) is 1.52. The molecule has 0 spiro atoms. The van der Waals surface area contributed by atoms with Gasteiger partial charge in [-0.15, -0.1) is 0 Å². The van der Waals surface area contributed by atoms with Crippen molar-refractivity contribution in [2.45, 2.75) is 41.5 Å². The Kier molecular flexibility index (Phi) is 9.46. The standard InChI is InChI=1S/C64H47N7/c1-37-17-23-53-46(29-37)47-30-38(2)18-24-54(47)69(53)59-45(36-65)35-52(64-67-62(43-13-9-7-10-14-43)66-63(68-64)44-15-11-8-12-16-44)60(70-55-25-19-39(3)31-48(55)49-32-40(4)20-26-56(49)70)61(59)71-57-27-21-41(5)33-50(57)51-34-42(6)22-28-58(51)71/h7-35H,1-6H3. The van der Waals surface area contributed by atoms with Crippen molar-refractivity contribution in [2.24, 2.45) is 0 Å². The van der Waals surface area contributed by atoms with Gasteiger partial charge in [-0.25, -0.2) is 15.0 Å². The fourth-order valence-electron chi connectivity index (χ4n) is 11.0. The number of fused-ring (bicyclic) bond motifs is 9. The molecule has 7 heteroatoms. The summed E-state index contributed by atoms with van der Waals surface area (Å²) >= 11 is 0. The van der Waals surface area contributed by atoms with Crippen molar-refractivity contribution >= 4 is 65.4 Å². The van der Waals surface area contributed by atoms with Crippen molar-refractivity contribution in [1.29, 1.82) is 5.26 Å². The Bertz CT molecular complexity index is 4170. The number of nitrogens with zero attached hydrogens (tertiary/aromatic N) is 7. The van der Waals surface area contributed by atoms with E-state index in [9.17, 15) is 5.26 Å². The van der Waals surface area contributed by atoms with E-state index in [1.165, 1.54) is 22.3 Å². The smallest absolute Gasteiger partial charge is 0.166 e. The molecule has 0 aliphatic carbocycles. The molecule has 338 valence electrons. The minimum atomic E-state index is 0.451. The van der Waals surface area contributed by atoms with E-state index in [2.05, 4.69) is 171 Å². The van der Waals surface area contributed by atoms with E-state index in [4.69, 9.17) is 15.0 Å². The molecule has 0 aliphatic rings. The molecule has 0 saturated carbocycles. The molecular weight excluding hydrogens is 867 g/mol. The summed E-state index contributed by atoms with van der Waals surface area (Å²) in [5, 5.41) is 18.8. The van der Waals surface area contributed by atoms with Gasteiger partial charge in [0.2, 0.25) is 0 Å². The van der Waals surface area contributed by atoms with Crippen molar-refractivity contribution in [3.8, 4) is 57.3 Å². The molecule has 0 fully saturated rings. The minimum absolute atomic E-state index is 0.451. The highest BCUT2D eigenvalue weighted by Gasteiger charge is 2.32. The Morgan fingerprint density at radius 2 is 0.620 bits per heavy atom. The van der Waals surface area contributed by atoms with Gasteiger partial charge in [-0.05, 0) is 120 Å². The number of rotatable bonds is 6. The van der Waals surface area contributed by atoms with Gasteiger partial charge in [-0.1, -0.05) is 130 Å². The van der Waals surface area contributed by atoms with Crippen LogP contribution in [0.25, 0.3) is 117 Å². The maximum Gasteiger partial charge on any atom is 0.166 e. The van der Waals surface area contributed by atoms with E-state index in [1.807, 2.05) is 66.7 Å². The van der Waals surface area contributed by atoms with Gasteiger partial charge < -0.3 is 13.7 Å². The highest BCUT2D eigenvalue weighted by Crippen LogP contribution is 2.48. The average Bonchev–Trinajstić information content (AvgIpc) is 3.99. The Balaban J connectivity index is 1.33. The second kappa shape index (κ2) is 16.0. The summed E-state index contributed by atoms with van der Waals surface area (Å²) in [7, 11) is 0. The Labute approximate surface area is 411 Å². The Morgan fingerprint density at radius 1 is 0.324 bits per heavy atom. The van der Waals surface area contributed by atoms with Gasteiger partial charge in [0.05, 0.1) is 55.7 Å². The summed E-state index contributed by atoms with van der Waals surface area (Å²) in [6, 6.07) is 65.3. The van der Waals surface area contributed by atoms with Crippen LogP contribution in [0.5, 0.6) is 0 Å². The maximum absolute atomic E-state index is 12.0. The molecule has 0 N–H and O–H groups in total. The quantitative estimate of drug-likeness (QED) is 0.166. The molecule has 0 aliphatic heterocycles. The lowest BCUT2D eigenvalue weighted by atomic mass is 10.0. The maximum atomic E-state index is 12.0. The lowest BCUT2D eigenvalue weighted by molar-refractivity contribution is 1.03. The van der Waals surface area contributed by atoms with Crippen LogP contribution in [0.15, 0.2) is 176 Å². The lowest BCUT2D eigenvalue weighted by Gasteiger charge is -2.25. The van der Waals surface area contributed by atoms with Gasteiger partial charge in [0.1, 0.15) is 6.07 Å². The van der Waals surface area contributed by atoms with Gasteiger partial charge in [-0.2, -0.15) is 5.26 Å². The zero-order chi connectivity index (χ0) is 48.2. The molecule has 71 heavy (non-hydrogen) atoms. The van der Waals surface area contributed by atoms with Crippen LogP contribution in [-0.4, -0.2) is 28.7 Å². The first kappa shape index (κ1) is 42.0. The number of benzene rings is 9. The van der Waals surface area contributed by atoms with E-state index >= 15 is 0 Å². The van der Waals surface area contributed by atoms with Gasteiger partial charge in [-0.3, -0.25) is 0 Å². The number of aryl methyl sites for hydroxylation is 6. The largest absolute Gasteiger partial charge is 0.306 e. The molecule has 0 radical (unpaired) electrons. The van der Waals surface area contributed by atoms with Crippen molar-refractivity contribution in [2.75, 3.05) is 0 Å². The molecular formula is C64H47N7. The van der Waals surface area contributed by atoms with Crippen LogP contribution in [0.2, 0.25) is 0 Å².